The van der Waals surface area contributed by atoms with Crippen LogP contribution in [0.15, 0.2) is 262 Å². The molecule has 13 aromatic carbocycles. The Morgan fingerprint density at radius 1 is 0.324 bits per heavy atom. The quantitative estimate of drug-likeness (QED) is 0.00688. The standard InChI is InChI=1S/C102H68Cl4F6N2O22/c1-51(103)95(119)125-39-35-55-19-27-61(28-20-55)131-77-43-69-81-70(92(116)113(91(69)115)73(47-101(107,108)109)99(123)129-49-59-11-9-15-67-65-13-5-7-17-75(65)135-89(59)67)45-79(133-63-31-23-57(24-32-63)37-41-127-97(121)53(3)105)85-86-80(134-64-33-25-58(26-34-64)38-42-128-98(122)54(4)106)46-72-82-71(44-78(84(88(82)86)83(77)87(81)85)132-62-29-21-56(22-30-62)36-40-126-96(120)52(2)104)93(117)114(94(72)118)74(48-102(110,111)112)100(124)130-50-60-12-10-16-68-66-14-6-8-18-76(66)136-90(60)68/h5-34,43-46,73-74H,1-4,35-42,47-50H2. The first-order chi connectivity index (χ1) is 65.1. The van der Waals surface area contributed by atoms with E-state index in [9.17, 15) is 19.2 Å². The Bertz CT molecular complexity index is 6820. The summed E-state index contributed by atoms with van der Waals surface area (Å²) in [6.45, 7) is 11.2. The van der Waals surface area contributed by atoms with Crippen LogP contribution in [0.2, 0.25) is 0 Å². The van der Waals surface area contributed by atoms with Crippen molar-refractivity contribution in [2.45, 2.75) is 76.2 Å². The van der Waals surface area contributed by atoms with Gasteiger partial charge in [-0.1, -0.05) is 194 Å². The molecule has 2 atom stereocenters. The molecular formula is C102H68Cl4F6N2O22. The predicted octanol–water partition coefficient (Wildman–Crippen LogP) is 23.4. The Balaban J connectivity index is 0.935. The summed E-state index contributed by atoms with van der Waals surface area (Å²) in [5.74, 6) is -15.6. The maximum Gasteiger partial charge on any atom is 0.391 e. The molecule has 0 N–H and O–H groups in total. The molecule has 2 unspecified atom stereocenters. The summed E-state index contributed by atoms with van der Waals surface area (Å²) in [6, 6.07) is 45.7. The Labute approximate surface area is 785 Å². The molecule has 2 aliphatic heterocycles. The average Bonchev–Trinajstić information content (AvgIpc) is 0.768. The number of benzene rings is 13. The zero-order valence-corrected chi connectivity index (χ0v) is 73.8. The Morgan fingerprint density at radius 2 is 0.581 bits per heavy atom. The second-order valence-corrected chi connectivity index (χ2v) is 33.3. The summed E-state index contributed by atoms with van der Waals surface area (Å²) in [7, 11) is 0. The van der Waals surface area contributed by atoms with E-state index in [2.05, 4.69) is 26.3 Å². The number of rotatable bonds is 34. The van der Waals surface area contributed by atoms with E-state index >= 15 is 55.1 Å². The van der Waals surface area contributed by atoms with Crippen LogP contribution in [0.1, 0.15) is 87.7 Å². The topological polar surface area (TPSA) is 296 Å². The molecule has 2 aliphatic rings. The molecule has 0 radical (unpaired) electrons. The van der Waals surface area contributed by atoms with Crippen LogP contribution < -0.4 is 18.9 Å². The molecule has 2 aromatic heterocycles. The number of amides is 4. The van der Waals surface area contributed by atoms with Crippen molar-refractivity contribution >= 4 is 193 Å². The monoisotopic (exact) mass is 1930 g/mol. The summed E-state index contributed by atoms with van der Waals surface area (Å²) >= 11 is 23.3. The van der Waals surface area contributed by atoms with Gasteiger partial charge in [0.1, 0.15) is 114 Å². The molecule has 0 fully saturated rings. The number of ether oxygens (including phenoxy) is 10. The number of imide groups is 2. The molecule has 0 aliphatic carbocycles. The predicted molar refractivity (Wildman–Crippen MR) is 489 cm³/mol. The number of alkyl halides is 6. The molecule has 4 amide bonds. The molecule has 0 spiro atoms. The van der Waals surface area contributed by atoms with Crippen LogP contribution in [0.4, 0.5) is 26.3 Å². The van der Waals surface area contributed by atoms with Crippen LogP contribution >= 0.6 is 46.4 Å². The molecule has 0 saturated carbocycles. The largest absolute Gasteiger partial charge is 0.461 e. The third-order valence-electron chi connectivity index (χ3n) is 22.7. The average molecular weight is 1930 g/mol. The fourth-order valence-electron chi connectivity index (χ4n) is 16.5. The highest BCUT2D eigenvalue weighted by atomic mass is 35.5. The van der Waals surface area contributed by atoms with Crippen LogP contribution in [0.3, 0.4) is 0 Å². The molecule has 688 valence electrons. The first kappa shape index (κ1) is 92.6. The Hall–Kier alpha value is -15.2. The Morgan fingerprint density at radius 3 is 0.838 bits per heavy atom. The zero-order chi connectivity index (χ0) is 96.0. The molecule has 136 heavy (non-hydrogen) atoms. The summed E-state index contributed by atoms with van der Waals surface area (Å²) in [5.41, 5.74) is 1.02. The van der Waals surface area contributed by atoms with Gasteiger partial charge in [-0.15, -0.1) is 0 Å². The maximum absolute atomic E-state index is 16.5. The van der Waals surface area contributed by atoms with Crippen molar-refractivity contribution in [3.05, 3.63) is 308 Å². The molecule has 17 rings (SSSR count). The number of halogens is 10. The summed E-state index contributed by atoms with van der Waals surface area (Å²) in [4.78, 5) is 147. The van der Waals surface area contributed by atoms with Crippen LogP contribution in [0, 0.1) is 0 Å². The number of nitrogens with zero attached hydrogens (tertiary/aromatic N) is 2. The molecule has 4 heterocycles. The van der Waals surface area contributed by atoms with Gasteiger partial charge in [0.15, 0.2) is 0 Å². The van der Waals surface area contributed by atoms with E-state index in [1.807, 2.05) is 0 Å². The third kappa shape index (κ3) is 19.0. The molecule has 15 aromatic rings. The van der Waals surface area contributed by atoms with Crippen molar-refractivity contribution in [3.63, 3.8) is 0 Å². The lowest BCUT2D eigenvalue weighted by Gasteiger charge is -2.35. The van der Waals surface area contributed by atoms with Gasteiger partial charge in [-0.3, -0.25) is 29.0 Å². The van der Waals surface area contributed by atoms with Gasteiger partial charge < -0.3 is 56.2 Å². The molecule has 34 heteroatoms. The zero-order valence-electron chi connectivity index (χ0n) is 70.8. The van der Waals surface area contributed by atoms with Gasteiger partial charge in [-0.05, 0) is 107 Å². The van der Waals surface area contributed by atoms with E-state index in [0.29, 0.717) is 55.0 Å². The number of hydrogen-bond donors (Lipinski definition) is 0. The van der Waals surface area contributed by atoms with Crippen molar-refractivity contribution in [2.24, 2.45) is 0 Å². The van der Waals surface area contributed by atoms with Gasteiger partial charge in [-0.25, -0.2) is 28.8 Å². The van der Waals surface area contributed by atoms with Crippen LogP contribution in [-0.2, 0) is 96.1 Å². The highest BCUT2D eigenvalue weighted by molar-refractivity contribution is 6.46. The van der Waals surface area contributed by atoms with E-state index in [1.54, 1.807) is 121 Å². The van der Waals surface area contributed by atoms with E-state index in [-0.39, 0.29) is 140 Å². The summed E-state index contributed by atoms with van der Waals surface area (Å²) in [5, 5.41) is -1.65. The highest BCUT2D eigenvalue weighted by Gasteiger charge is 2.51. The van der Waals surface area contributed by atoms with Gasteiger partial charge in [0, 0.05) is 101 Å². The van der Waals surface area contributed by atoms with Crippen molar-refractivity contribution in [1.29, 1.82) is 0 Å². The van der Waals surface area contributed by atoms with Gasteiger partial charge in [0.05, 0.1) is 61.5 Å². The van der Waals surface area contributed by atoms with Crippen molar-refractivity contribution in [1.82, 2.24) is 9.80 Å². The van der Waals surface area contributed by atoms with Crippen LogP contribution in [0.5, 0.6) is 46.0 Å². The van der Waals surface area contributed by atoms with Crippen molar-refractivity contribution < 1.29 is 130 Å². The number of fused-ring (bicyclic) bond motifs is 8. The van der Waals surface area contributed by atoms with E-state index in [1.165, 1.54) is 60.7 Å². The minimum atomic E-state index is -5.37. The molecular weight excluding hydrogens is 1860 g/mol. The fraction of sp³-hybridized carbons (Fsp3) is 0.157. The van der Waals surface area contributed by atoms with E-state index in [0.717, 1.165) is 24.3 Å². The van der Waals surface area contributed by atoms with E-state index < -0.39 is 186 Å². The Kier molecular flexibility index (Phi) is 25.9. The van der Waals surface area contributed by atoms with Gasteiger partial charge in [0.2, 0.25) is 0 Å². The minimum Gasteiger partial charge on any atom is -0.461 e. The normalized spacial score (nSPS) is 13.1. The van der Waals surface area contributed by atoms with Gasteiger partial charge in [-0.2, -0.15) is 26.3 Å². The summed E-state index contributed by atoms with van der Waals surface area (Å²) in [6.07, 6.45) is -14.9. The SMILES string of the molecule is C=C(Cl)C(=O)OCCc1ccc(Oc2cc3c4c(cc(Oc5ccc(CCOC(=O)C(=C)Cl)cc5)c5c6c(Oc7ccc(CCOC(=O)C(=C)Cl)cc7)cc7c8c(cc(Oc9ccc(CCOC(=O)C(=C)Cl)cc9)c(c2c45)c86)C(=O)N(C(CC(F)(F)F)C(=O)OCc2cccc4c2oc2ccccc24)C7=O)C(=O)N(C(CC(F)(F)F)C(=O)OCc2cccc4c2oc2ccccc24)C3=O)cc1. The number of furan rings is 2. The van der Waals surface area contributed by atoms with Crippen LogP contribution in [0.25, 0.3) is 87.0 Å². The first-order valence-electron chi connectivity index (χ1n) is 41.6. The molecule has 0 saturated heterocycles. The number of para-hydroxylation sites is 4. The van der Waals surface area contributed by atoms with Gasteiger partial charge in [0.25, 0.3) is 23.6 Å². The number of carbonyl (C=O) groups excluding carboxylic acids is 10. The van der Waals surface area contributed by atoms with E-state index in [4.69, 9.17) is 103 Å². The van der Waals surface area contributed by atoms with Crippen molar-refractivity contribution in [3.8, 4) is 46.0 Å². The lowest BCUT2D eigenvalue weighted by molar-refractivity contribution is -0.167. The lowest BCUT2D eigenvalue weighted by Crippen LogP contribution is -2.52. The second kappa shape index (κ2) is 38.0. The lowest BCUT2D eigenvalue weighted by atomic mass is 9.80. The molecule has 0 bridgehead atoms. The van der Waals surface area contributed by atoms with Gasteiger partial charge >= 0.3 is 48.2 Å². The van der Waals surface area contributed by atoms with Crippen molar-refractivity contribution in [2.75, 3.05) is 26.4 Å². The highest BCUT2D eigenvalue weighted by Crippen LogP contribution is 2.59. The maximum atomic E-state index is 16.5. The first-order valence-corrected chi connectivity index (χ1v) is 43.1. The second-order valence-electron chi connectivity index (χ2n) is 31.5. The van der Waals surface area contributed by atoms with Crippen LogP contribution in [-0.4, -0.2) is 120 Å². The molecule has 24 nitrogen and oxygen atoms in total. The number of carbonyl (C=O) groups is 10. The number of esters is 6. The number of hydrogen-bond acceptors (Lipinski definition) is 22. The smallest absolute Gasteiger partial charge is 0.391 e. The summed E-state index contributed by atoms with van der Waals surface area (Å²) < 4.78 is 168. The third-order valence-corrected chi connectivity index (χ3v) is 23.3. The minimum absolute atomic E-state index is 0.0583. The fourth-order valence-corrected chi connectivity index (χ4v) is 16.7.